The molecule has 9 heteroatoms. The molecule has 0 spiro atoms. The zero-order chi connectivity index (χ0) is 17.3. The molecule has 3 heterocycles. The summed E-state index contributed by atoms with van der Waals surface area (Å²) in [6, 6.07) is 7.39. The Morgan fingerprint density at radius 1 is 1.17 bits per heavy atom. The number of aromatic nitrogens is 4. The number of anilines is 1. The third kappa shape index (κ3) is 3.33. The molecule has 0 amide bonds. The first kappa shape index (κ1) is 16.3. The summed E-state index contributed by atoms with van der Waals surface area (Å²) in [5, 5.41) is 4.18. The van der Waals surface area contributed by atoms with Crippen LogP contribution in [0.25, 0.3) is 11.3 Å². The maximum Gasteiger partial charge on any atom is 0.433 e. The Morgan fingerprint density at radius 2 is 1.96 bits per heavy atom. The van der Waals surface area contributed by atoms with Gasteiger partial charge in [0.25, 0.3) is 0 Å². The van der Waals surface area contributed by atoms with Gasteiger partial charge in [0.05, 0.1) is 23.0 Å². The van der Waals surface area contributed by atoms with Crippen molar-refractivity contribution in [1.82, 2.24) is 19.7 Å². The van der Waals surface area contributed by atoms with E-state index in [1.807, 2.05) is 0 Å². The standard InChI is InChI=1S/C15H11ClF3N5/c16-11-5-9(7-22-14(11)20)12-6-13(15(17,18)19)24(23-12)8-10-3-1-2-4-21-10/h1-7H,8H2,(H2,20,22). The van der Waals surface area contributed by atoms with Crippen LogP contribution in [-0.4, -0.2) is 19.7 Å². The minimum Gasteiger partial charge on any atom is -0.382 e. The smallest absolute Gasteiger partial charge is 0.382 e. The lowest BCUT2D eigenvalue weighted by molar-refractivity contribution is -0.144. The second kappa shape index (κ2) is 6.12. The van der Waals surface area contributed by atoms with Gasteiger partial charge in [0, 0.05) is 18.0 Å². The molecule has 0 aliphatic rings. The van der Waals surface area contributed by atoms with E-state index < -0.39 is 11.9 Å². The minimum absolute atomic E-state index is 0.101. The van der Waals surface area contributed by atoms with E-state index >= 15 is 0 Å². The molecule has 0 saturated carbocycles. The van der Waals surface area contributed by atoms with Crippen LogP contribution in [0.2, 0.25) is 5.02 Å². The van der Waals surface area contributed by atoms with Gasteiger partial charge in [-0.05, 0) is 24.3 Å². The third-order valence-corrected chi connectivity index (χ3v) is 3.58. The molecule has 3 rings (SSSR count). The lowest BCUT2D eigenvalue weighted by Crippen LogP contribution is -2.15. The van der Waals surface area contributed by atoms with Crippen molar-refractivity contribution in [2.75, 3.05) is 5.73 Å². The average Bonchev–Trinajstić information content (AvgIpc) is 2.95. The number of nitrogen functional groups attached to an aromatic ring is 1. The van der Waals surface area contributed by atoms with E-state index in [1.165, 1.54) is 18.5 Å². The lowest BCUT2D eigenvalue weighted by atomic mass is 10.2. The molecule has 3 aromatic rings. The molecular weight excluding hydrogens is 343 g/mol. The quantitative estimate of drug-likeness (QED) is 0.780. The summed E-state index contributed by atoms with van der Waals surface area (Å²) in [7, 11) is 0. The number of nitrogens with zero attached hydrogens (tertiary/aromatic N) is 4. The minimum atomic E-state index is -4.55. The van der Waals surface area contributed by atoms with Crippen LogP contribution in [0, 0.1) is 0 Å². The Morgan fingerprint density at radius 3 is 2.58 bits per heavy atom. The molecule has 5 nitrogen and oxygen atoms in total. The van der Waals surface area contributed by atoms with Gasteiger partial charge < -0.3 is 5.73 Å². The van der Waals surface area contributed by atoms with Crippen LogP contribution in [0.5, 0.6) is 0 Å². The molecule has 0 fully saturated rings. The lowest BCUT2D eigenvalue weighted by Gasteiger charge is -2.09. The third-order valence-electron chi connectivity index (χ3n) is 3.27. The van der Waals surface area contributed by atoms with Crippen LogP contribution < -0.4 is 5.73 Å². The van der Waals surface area contributed by atoms with Crippen LogP contribution in [0.1, 0.15) is 11.4 Å². The van der Waals surface area contributed by atoms with Crippen LogP contribution in [0.3, 0.4) is 0 Å². The molecule has 0 saturated heterocycles. The first-order valence-electron chi connectivity index (χ1n) is 6.81. The fraction of sp³-hybridized carbons (Fsp3) is 0.133. The number of alkyl halides is 3. The molecule has 124 valence electrons. The highest BCUT2D eigenvalue weighted by molar-refractivity contribution is 6.33. The summed E-state index contributed by atoms with van der Waals surface area (Å²) in [6.45, 7) is -0.105. The fourth-order valence-corrected chi connectivity index (χ4v) is 2.31. The van der Waals surface area contributed by atoms with E-state index in [2.05, 4.69) is 15.1 Å². The van der Waals surface area contributed by atoms with Gasteiger partial charge in [-0.2, -0.15) is 18.3 Å². The summed E-state index contributed by atoms with van der Waals surface area (Å²) in [5.41, 5.74) is 5.55. The molecule has 0 aliphatic carbocycles. The number of rotatable bonds is 3. The Kier molecular flexibility index (Phi) is 4.15. The van der Waals surface area contributed by atoms with E-state index in [9.17, 15) is 13.2 Å². The van der Waals surface area contributed by atoms with Crippen LogP contribution >= 0.6 is 11.6 Å². The molecule has 0 bridgehead atoms. The first-order chi connectivity index (χ1) is 11.3. The molecule has 2 N–H and O–H groups in total. The van der Waals surface area contributed by atoms with E-state index in [0.29, 0.717) is 11.3 Å². The first-order valence-corrected chi connectivity index (χ1v) is 7.19. The molecule has 3 aromatic heterocycles. The number of halogens is 4. The second-order valence-corrected chi connectivity index (χ2v) is 5.39. The van der Waals surface area contributed by atoms with Gasteiger partial charge in [-0.15, -0.1) is 0 Å². The maximum atomic E-state index is 13.3. The Balaban J connectivity index is 2.04. The zero-order valence-corrected chi connectivity index (χ0v) is 12.9. The van der Waals surface area contributed by atoms with E-state index in [0.717, 1.165) is 10.7 Å². The van der Waals surface area contributed by atoms with Crippen LogP contribution in [0.4, 0.5) is 19.0 Å². The molecule has 0 aliphatic heterocycles. The number of pyridine rings is 2. The van der Waals surface area contributed by atoms with Crippen molar-refractivity contribution in [3.05, 3.63) is 59.1 Å². The second-order valence-electron chi connectivity index (χ2n) is 4.98. The van der Waals surface area contributed by atoms with Gasteiger partial charge in [-0.25, -0.2) is 4.98 Å². The van der Waals surface area contributed by atoms with Crippen molar-refractivity contribution in [3.8, 4) is 11.3 Å². The van der Waals surface area contributed by atoms with Gasteiger partial charge in [-0.1, -0.05) is 17.7 Å². The highest BCUT2D eigenvalue weighted by Gasteiger charge is 2.36. The van der Waals surface area contributed by atoms with Crippen molar-refractivity contribution < 1.29 is 13.2 Å². The normalized spacial score (nSPS) is 11.7. The molecular formula is C15H11ClF3N5. The zero-order valence-electron chi connectivity index (χ0n) is 12.1. The summed E-state index contributed by atoms with van der Waals surface area (Å²) < 4.78 is 40.7. The monoisotopic (exact) mass is 353 g/mol. The highest BCUT2D eigenvalue weighted by atomic mass is 35.5. The van der Waals surface area contributed by atoms with Gasteiger partial charge in [0.1, 0.15) is 11.5 Å². The van der Waals surface area contributed by atoms with E-state index in [1.54, 1.807) is 18.2 Å². The van der Waals surface area contributed by atoms with Gasteiger partial charge in [0.2, 0.25) is 0 Å². The maximum absolute atomic E-state index is 13.3. The van der Waals surface area contributed by atoms with E-state index in [4.69, 9.17) is 17.3 Å². The number of hydrogen-bond acceptors (Lipinski definition) is 4. The Labute approximate surface area is 139 Å². The predicted molar refractivity (Wildman–Crippen MR) is 83.2 cm³/mol. The van der Waals surface area contributed by atoms with Crippen molar-refractivity contribution in [3.63, 3.8) is 0 Å². The summed E-state index contributed by atoms with van der Waals surface area (Å²) >= 11 is 5.88. The number of nitrogens with two attached hydrogens (primary N) is 1. The van der Waals surface area contributed by atoms with Crippen molar-refractivity contribution in [1.29, 1.82) is 0 Å². The molecule has 0 radical (unpaired) electrons. The Hall–Kier alpha value is -2.61. The topological polar surface area (TPSA) is 69.6 Å². The Bertz CT molecular complexity index is 861. The van der Waals surface area contributed by atoms with Crippen LogP contribution in [0.15, 0.2) is 42.7 Å². The highest BCUT2D eigenvalue weighted by Crippen LogP contribution is 2.33. The van der Waals surface area contributed by atoms with Crippen molar-refractivity contribution in [2.45, 2.75) is 12.7 Å². The van der Waals surface area contributed by atoms with Gasteiger partial charge in [0.15, 0.2) is 0 Å². The molecule has 24 heavy (non-hydrogen) atoms. The van der Waals surface area contributed by atoms with Gasteiger partial charge in [-0.3, -0.25) is 9.67 Å². The SMILES string of the molecule is Nc1ncc(-c2cc(C(F)(F)F)n(Cc3ccccn3)n2)cc1Cl. The van der Waals surface area contributed by atoms with Crippen molar-refractivity contribution in [2.24, 2.45) is 0 Å². The number of hydrogen-bond donors (Lipinski definition) is 1. The van der Waals surface area contributed by atoms with Crippen molar-refractivity contribution >= 4 is 17.4 Å². The largest absolute Gasteiger partial charge is 0.433 e. The molecule has 0 aromatic carbocycles. The molecule has 0 atom stereocenters. The predicted octanol–water partition coefficient (Wildman–Crippen LogP) is 3.64. The summed E-state index contributed by atoms with van der Waals surface area (Å²) in [6.07, 6.45) is -1.71. The van der Waals surface area contributed by atoms with Crippen LogP contribution in [-0.2, 0) is 12.7 Å². The van der Waals surface area contributed by atoms with Gasteiger partial charge >= 0.3 is 6.18 Å². The average molecular weight is 354 g/mol. The fourth-order valence-electron chi connectivity index (χ4n) is 2.14. The molecule has 0 unspecified atom stereocenters. The van der Waals surface area contributed by atoms with E-state index in [-0.39, 0.29) is 23.1 Å². The summed E-state index contributed by atoms with van der Waals surface area (Å²) in [5.74, 6) is 0.101. The summed E-state index contributed by atoms with van der Waals surface area (Å²) in [4.78, 5) is 7.87.